The molecule has 0 saturated heterocycles. The Kier molecular flexibility index (Phi) is 3.28. The number of thiophene rings is 1. The van der Waals surface area contributed by atoms with Gasteiger partial charge in [0.1, 0.15) is 0 Å². The summed E-state index contributed by atoms with van der Waals surface area (Å²) in [7, 11) is 1.88. The Balaban J connectivity index is 2.18. The normalized spacial score (nSPS) is 12.6. The van der Waals surface area contributed by atoms with Crippen molar-refractivity contribution in [3.63, 3.8) is 0 Å². The molecule has 0 bridgehead atoms. The van der Waals surface area contributed by atoms with Crippen molar-refractivity contribution < 1.29 is 9.90 Å². The van der Waals surface area contributed by atoms with Gasteiger partial charge in [-0.3, -0.25) is 9.48 Å². The second kappa shape index (κ2) is 4.71. The van der Waals surface area contributed by atoms with Crippen molar-refractivity contribution in [2.45, 2.75) is 19.3 Å². The van der Waals surface area contributed by atoms with E-state index >= 15 is 0 Å². The van der Waals surface area contributed by atoms with Gasteiger partial charge in [0.05, 0.1) is 12.6 Å². The fourth-order valence-corrected chi connectivity index (χ4v) is 2.72. The van der Waals surface area contributed by atoms with Gasteiger partial charge in [0, 0.05) is 34.5 Å². The van der Waals surface area contributed by atoms with E-state index in [1.165, 1.54) is 0 Å². The molecule has 0 aliphatic rings. The van der Waals surface area contributed by atoms with Crippen LogP contribution in [0.1, 0.15) is 24.1 Å². The number of aryl methyl sites for hydroxylation is 1. The Morgan fingerprint density at radius 1 is 1.59 bits per heavy atom. The number of rotatable bonds is 4. The predicted octanol–water partition coefficient (Wildman–Crippen LogP) is 2.73. The van der Waals surface area contributed by atoms with E-state index < -0.39 is 5.97 Å². The fourth-order valence-electron chi connectivity index (χ4n) is 1.68. The van der Waals surface area contributed by atoms with Gasteiger partial charge in [-0.25, -0.2) is 0 Å². The van der Waals surface area contributed by atoms with Crippen LogP contribution in [0, 0.1) is 0 Å². The van der Waals surface area contributed by atoms with E-state index in [-0.39, 0.29) is 12.3 Å². The molecule has 0 saturated carbocycles. The van der Waals surface area contributed by atoms with Gasteiger partial charge in [0.2, 0.25) is 0 Å². The second-order valence-corrected chi connectivity index (χ2v) is 5.22. The monoisotopic (exact) mass is 250 g/mol. The van der Waals surface area contributed by atoms with Crippen LogP contribution in [0.25, 0.3) is 10.4 Å². The zero-order chi connectivity index (χ0) is 12.4. The molecule has 1 unspecified atom stereocenters. The van der Waals surface area contributed by atoms with E-state index in [4.69, 9.17) is 5.11 Å². The average molecular weight is 250 g/mol. The van der Waals surface area contributed by atoms with Crippen molar-refractivity contribution in [1.29, 1.82) is 0 Å². The number of carboxylic acids is 1. The molecule has 0 amide bonds. The first-order valence-corrected chi connectivity index (χ1v) is 6.18. The van der Waals surface area contributed by atoms with E-state index in [2.05, 4.69) is 5.10 Å². The van der Waals surface area contributed by atoms with Gasteiger partial charge in [-0.2, -0.15) is 5.10 Å². The molecule has 1 N–H and O–H groups in total. The molecule has 0 fully saturated rings. The average Bonchev–Trinajstić information content (AvgIpc) is 2.84. The smallest absolute Gasteiger partial charge is 0.303 e. The summed E-state index contributed by atoms with van der Waals surface area (Å²) in [4.78, 5) is 12.9. The summed E-state index contributed by atoms with van der Waals surface area (Å²) >= 11 is 1.63. The Hall–Kier alpha value is -1.62. The molecule has 2 rings (SSSR count). The highest BCUT2D eigenvalue weighted by molar-refractivity contribution is 7.15. The second-order valence-electron chi connectivity index (χ2n) is 4.10. The highest BCUT2D eigenvalue weighted by atomic mass is 32.1. The first-order valence-electron chi connectivity index (χ1n) is 5.37. The van der Waals surface area contributed by atoms with E-state index in [1.807, 2.05) is 38.5 Å². The van der Waals surface area contributed by atoms with Crippen LogP contribution in [0.4, 0.5) is 0 Å². The number of carboxylic acid groups (broad SMARTS) is 1. The molecule has 0 aliphatic carbocycles. The molecule has 5 heteroatoms. The molecule has 4 nitrogen and oxygen atoms in total. The maximum atomic E-state index is 10.7. The summed E-state index contributed by atoms with van der Waals surface area (Å²) in [5, 5.41) is 12.9. The van der Waals surface area contributed by atoms with Gasteiger partial charge in [-0.1, -0.05) is 6.92 Å². The number of hydrogen-bond acceptors (Lipinski definition) is 3. The van der Waals surface area contributed by atoms with Crippen molar-refractivity contribution in [1.82, 2.24) is 9.78 Å². The van der Waals surface area contributed by atoms with Crippen LogP contribution in [0.15, 0.2) is 24.5 Å². The Morgan fingerprint density at radius 3 is 2.94 bits per heavy atom. The third-order valence-electron chi connectivity index (χ3n) is 2.58. The minimum Gasteiger partial charge on any atom is -0.481 e. The van der Waals surface area contributed by atoms with Gasteiger partial charge >= 0.3 is 5.97 Å². The number of nitrogens with zero attached hydrogens (tertiary/aromatic N) is 2. The van der Waals surface area contributed by atoms with Gasteiger partial charge in [0.15, 0.2) is 0 Å². The molecule has 1 atom stereocenters. The third kappa shape index (κ3) is 2.74. The van der Waals surface area contributed by atoms with Gasteiger partial charge in [-0.05, 0) is 12.1 Å². The number of aromatic nitrogens is 2. The van der Waals surface area contributed by atoms with Crippen LogP contribution < -0.4 is 0 Å². The van der Waals surface area contributed by atoms with Crippen LogP contribution >= 0.6 is 11.3 Å². The lowest BCUT2D eigenvalue weighted by molar-refractivity contribution is -0.137. The number of aliphatic carboxylic acids is 1. The molecule has 0 spiro atoms. The molecule has 17 heavy (non-hydrogen) atoms. The summed E-state index contributed by atoms with van der Waals surface area (Å²) in [5.74, 6) is -0.697. The largest absolute Gasteiger partial charge is 0.481 e. The quantitative estimate of drug-likeness (QED) is 0.907. The van der Waals surface area contributed by atoms with Crippen LogP contribution in [-0.2, 0) is 11.8 Å². The lowest BCUT2D eigenvalue weighted by atomic mass is 10.1. The lowest BCUT2D eigenvalue weighted by Gasteiger charge is -2.04. The van der Waals surface area contributed by atoms with E-state index in [0.29, 0.717) is 0 Å². The lowest BCUT2D eigenvalue weighted by Crippen LogP contribution is -2.00. The van der Waals surface area contributed by atoms with Crippen molar-refractivity contribution in [3.05, 3.63) is 29.4 Å². The minimum absolute atomic E-state index is 0.0583. The molecule has 2 aromatic heterocycles. The summed E-state index contributed by atoms with van der Waals surface area (Å²) in [5.41, 5.74) is 1.08. The number of carbonyl (C=O) groups is 1. The topological polar surface area (TPSA) is 55.1 Å². The van der Waals surface area contributed by atoms with Crippen LogP contribution in [0.5, 0.6) is 0 Å². The SMILES string of the molecule is CC(CC(=O)O)c1ccc(-c2cnn(C)c2)s1. The van der Waals surface area contributed by atoms with E-state index in [9.17, 15) is 4.79 Å². The maximum absolute atomic E-state index is 10.7. The molecule has 0 aliphatic heterocycles. The molecule has 0 radical (unpaired) electrons. The zero-order valence-corrected chi connectivity index (χ0v) is 10.6. The molecule has 90 valence electrons. The van der Waals surface area contributed by atoms with Gasteiger partial charge < -0.3 is 5.11 Å². The minimum atomic E-state index is -0.756. The van der Waals surface area contributed by atoms with Crippen LogP contribution in [-0.4, -0.2) is 20.9 Å². The fraction of sp³-hybridized carbons (Fsp3) is 0.333. The third-order valence-corrected chi connectivity index (χ3v) is 3.95. The molecule has 2 heterocycles. The van der Waals surface area contributed by atoms with Gasteiger partial charge in [-0.15, -0.1) is 11.3 Å². The highest BCUT2D eigenvalue weighted by Crippen LogP contribution is 2.33. The summed E-state index contributed by atoms with van der Waals surface area (Å²) in [6.07, 6.45) is 3.95. The first kappa shape index (κ1) is 11.9. The van der Waals surface area contributed by atoms with Crippen molar-refractivity contribution in [2.75, 3.05) is 0 Å². The van der Waals surface area contributed by atoms with E-state index in [0.717, 1.165) is 15.3 Å². The molecular formula is C12H14N2O2S. The Bertz CT molecular complexity index is 530. The maximum Gasteiger partial charge on any atom is 0.303 e. The Labute approximate surface area is 104 Å². The molecular weight excluding hydrogens is 236 g/mol. The highest BCUT2D eigenvalue weighted by Gasteiger charge is 2.13. The Morgan fingerprint density at radius 2 is 2.35 bits per heavy atom. The first-order chi connectivity index (χ1) is 8.06. The molecule has 0 aromatic carbocycles. The van der Waals surface area contributed by atoms with Crippen molar-refractivity contribution in [3.8, 4) is 10.4 Å². The van der Waals surface area contributed by atoms with Crippen LogP contribution in [0.2, 0.25) is 0 Å². The summed E-state index contributed by atoms with van der Waals surface area (Å²) in [6, 6.07) is 4.02. The van der Waals surface area contributed by atoms with Gasteiger partial charge in [0.25, 0.3) is 0 Å². The van der Waals surface area contributed by atoms with Crippen LogP contribution in [0.3, 0.4) is 0 Å². The summed E-state index contributed by atoms with van der Waals surface area (Å²) in [6.45, 7) is 1.94. The predicted molar refractivity (Wildman–Crippen MR) is 67.2 cm³/mol. The van der Waals surface area contributed by atoms with Crippen molar-refractivity contribution in [2.24, 2.45) is 7.05 Å². The van der Waals surface area contributed by atoms with Crippen molar-refractivity contribution >= 4 is 17.3 Å². The zero-order valence-electron chi connectivity index (χ0n) is 9.75. The summed E-state index contributed by atoms with van der Waals surface area (Å²) < 4.78 is 1.76. The molecule has 2 aromatic rings. The number of hydrogen-bond donors (Lipinski definition) is 1. The van der Waals surface area contributed by atoms with E-state index in [1.54, 1.807) is 16.0 Å². The standard InChI is InChI=1S/C12H14N2O2S/c1-8(5-12(15)16)10-3-4-11(17-10)9-6-13-14(2)7-9/h3-4,6-8H,5H2,1-2H3,(H,15,16).